The molecule has 6 nitrogen and oxygen atoms in total. The van der Waals surface area contributed by atoms with Gasteiger partial charge in [-0.15, -0.1) is 0 Å². The van der Waals surface area contributed by atoms with Gasteiger partial charge in [0, 0.05) is 12.8 Å². The summed E-state index contributed by atoms with van der Waals surface area (Å²) in [5.74, 6) is -0.371. The van der Waals surface area contributed by atoms with Crippen LogP contribution in [0.15, 0.2) is 24.5 Å². The second-order valence-electron chi connectivity index (χ2n) is 4.26. The van der Waals surface area contributed by atoms with Crippen molar-refractivity contribution in [1.29, 1.82) is 0 Å². The van der Waals surface area contributed by atoms with Gasteiger partial charge in [0.15, 0.2) is 0 Å². The molecule has 0 unspecified atom stereocenters. The summed E-state index contributed by atoms with van der Waals surface area (Å²) in [7, 11) is -1.70. The number of sulfone groups is 1. The van der Waals surface area contributed by atoms with E-state index in [2.05, 4.69) is 9.72 Å². The van der Waals surface area contributed by atoms with Gasteiger partial charge in [0.2, 0.25) is 0 Å². The number of hydrogen-bond acceptors (Lipinski definition) is 5. The molecule has 0 aliphatic rings. The summed E-state index contributed by atoms with van der Waals surface area (Å²) < 4.78 is 28.7. The van der Waals surface area contributed by atoms with E-state index in [1.807, 2.05) is 0 Å². The largest absolute Gasteiger partial charge is 0.465 e. The molecule has 0 aliphatic carbocycles. The number of rotatable bonds is 4. The molecule has 102 valence electrons. The van der Waals surface area contributed by atoms with Crippen LogP contribution in [-0.2, 0) is 21.1 Å². The number of benzene rings is 1. The van der Waals surface area contributed by atoms with Gasteiger partial charge in [-0.2, -0.15) is 0 Å². The summed E-state index contributed by atoms with van der Waals surface area (Å²) in [6.07, 6.45) is 2.76. The van der Waals surface area contributed by atoms with Crippen molar-refractivity contribution in [3.8, 4) is 0 Å². The Morgan fingerprint density at radius 1 is 1.42 bits per heavy atom. The zero-order valence-corrected chi connectivity index (χ0v) is 11.5. The first-order valence-electron chi connectivity index (χ1n) is 5.61. The molecule has 0 saturated carbocycles. The van der Waals surface area contributed by atoms with Crippen molar-refractivity contribution < 1.29 is 17.9 Å². The summed E-state index contributed by atoms with van der Waals surface area (Å²) in [5, 5.41) is 0. The van der Waals surface area contributed by atoms with Crippen LogP contribution in [0.25, 0.3) is 11.0 Å². The molecule has 0 N–H and O–H groups in total. The molecule has 7 heteroatoms. The van der Waals surface area contributed by atoms with Crippen molar-refractivity contribution in [2.75, 3.05) is 19.1 Å². The highest BCUT2D eigenvalue weighted by Gasteiger charge is 2.10. The molecule has 0 bridgehead atoms. The number of methoxy groups -OCH3 is 1. The third-order valence-corrected chi connectivity index (χ3v) is 3.67. The van der Waals surface area contributed by atoms with Gasteiger partial charge in [0.25, 0.3) is 0 Å². The molecule has 0 radical (unpaired) electrons. The molecule has 0 aliphatic heterocycles. The van der Waals surface area contributed by atoms with Crippen LogP contribution in [0.2, 0.25) is 0 Å². The van der Waals surface area contributed by atoms with Crippen LogP contribution in [0, 0.1) is 0 Å². The van der Waals surface area contributed by atoms with Gasteiger partial charge < -0.3 is 9.30 Å². The van der Waals surface area contributed by atoms with Crippen LogP contribution >= 0.6 is 0 Å². The maximum absolute atomic E-state index is 11.4. The smallest absolute Gasteiger partial charge is 0.337 e. The van der Waals surface area contributed by atoms with Crippen LogP contribution in [-0.4, -0.2) is 43.1 Å². The lowest BCUT2D eigenvalue weighted by Crippen LogP contribution is -2.10. The molecule has 0 spiro atoms. The first kappa shape index (κ1) is 13.5. The number of ether oxygens (including phenoxy) is 1. The highest BCUT2D eigenvalue weighted by molar-refractivity contribution is 7.90. The average Bonchev–Trinajstić information content (AvgIpc) is 2.76. The molecule has 1 heterocycles. The maximum Gasteiger partial charge on any atom is 0.337 e. The second-order valence-corrected chi connectivity index (χ2v) is 6.52. The number of aryl methyl sites for hydroxylation is 1. The Balaban J connectivity index is 2.32. The molecule has 0 saturated heterocycles. The molecule has 0 fully saturated rings. The molecule has 1 aromatic carbocycles. The van der Waals surface area contributed by atoms with Crippen molar-refractivity contribution >= 4 is 26.8 Å². The lowest BCUT2D eigenvalue weighted by molar-refractivity contribution is 0.0601. The van der Waals surface area contributed by atoms with E-state index in [4.69, 9.17) is 0 Å². The fourth-order valence-corrected chi connectivity index (χ4v) is 2.28. The van der Waals surface area contributed by atoms with Gasteiger partial charge in [-0.05, 0) is 18.2 Å². The Hall–Kier alpha value is -1.89. The SMILES string of the molecule is COC(=O)c1ccc2c(c1)ncn2CCS(C)(=O)=O. The van der Waals surface area contributed by atoms with E-state index in [0.717, 1.165) is 5.52 Å². The standard InChI is InChI=1S/C12H14N2O4S/c1-18-12(15)9-3-4-11-10(7-9)13-8-14(11)5-6-19(2,16)17/h3-4,7-8H,5-6H2,1-2H3. The van der Waals surface area contributed by atoms with Gasteiger partial charge in [-0.1, -0.05) is 0 Å². The van der Waals surface area contributed by atoms with E-state index in [0.29, 0.717) is 17.6 Å². The van der Waals surface area contributed by atoms with Crippen LogP contribution in [0.3, 0.4) is 0 Å². The topological polar surface area (TPSA) is 78.3 Å². The highest BCUT2D eigenvalue weighted by Crippen LogP contribution is 2.15. The summed E-state index contributed by atoms with van der Waals surface area (Å²) >= 11 is 0. The zero-order valence-electron chi connectivity index (χ0n) is 10.7. The van der Waals surface area contributed by atoms with E-state index in [9.17, 15) is 13.2 Å². The third kappa shape index (κ3) is 3.11. The third-order valence-electron chi connectivity index (χ3n) is 2.75. The average molecular weight is 282 g/mol. The highest BCUT2D eigenvalue weighted by atomic mass is 32.2. The van der Waals surface area contributed by atoms with Crippen molar-refractivity contribution in [3.05, 3.63) is 30.1 Å². The van der Waals surface area contributed by atoms with Gasteiger partial charge in [-0.3, -0.25) is 0 Å². The molecule has 1 aromatic heterocycles. The number of imidazole rings is 1. The summed E-state index contributed by atoms with van der Waals surface area (Å²) in [6, 6.07) is 4.99. The monoisotopic (exact) mass is 282 g/mol. The van der Waals surface area contributed by atoms with E-state index < -0.39 is 15.8 Å². The van der Waals surface area contributed by atoms with E-state index >= 15 is 0 Å². The Labute approximate surface area is 110 Å². The number of hydrogen-bond donors (Lipinski definition) is 0. The van der Waals surface area contributed by atoms with Crippen LogP contribution in [0.5, 0.6) is 0 Å². The molecular formula is C12H14N2O4S. The Morgan fingerprint density at radius 2 is 2.16 bits per heavy atom. The summed E-state index contributed by atoms with van der Waals surface area (Å²) in [6.45, 7) is 0.340. The number of fused-ring (bicyclic) bond motifs is 1. The Bertz CT molecular complexity index is 718. The molecule has 2 aromatic rings. The van der Waals surface area contributed by atoms with Crippen LogP contribution in [0.4, 0.5) is 0 Å². The number of carbonyl (C=O) groups excluding carboxylic acids is 1. The van der Waals surface area contributed by atoms with Crippen molar-refractivity contribution in [3.63, 3.8) is 0 Å². The first-order chi connectivity index (χ1) is 8.90. The minimum atomic E-state index is -3.02. The summed E-state index contributed by atoms with van der Waals surface area (Å²) in [5.41, 5.74) is 1.84. The maximum atomic E-state index is 11.4. The number of nitrogens with zero attached hydrogens (tertiary/aromatic N) is 2. The molecule has 19 heavy (non-hydrogen) atoms. The van der Waals surface area contributed by atoms with Gasteiger partial charge in [-0.25, -0.2) is 18.2 Å². The van der Waals surface area contributed by atoms with Crippen LogP contribution in [0.1, 0.15) is 10.4 Å². The quantitative estimate of drug-likeness (QED) is 0.777. The zero-order chi connectivity index (χ0) is 14.0. The Kier molecular flexibility index (Phi) is 3.57. The summed E-state index contributed by atoms with van der Waals surface area (Å²) in [4.78, 5) is 15.5. The molecular weight excluding hydrogens is 268 g/mol. The number of esters is 1. The molecule has 0 amide bonds. The van der Waals surface area contributed by atoms with Crippen LogP contribution < -0.4 is 0 Å². The van der Waals surface area contributed by atoms with Gasteiger partial charge >= 0.3 is 5.97 Å². The first-order valence-corrected chi connectivity index (χ1v) is 7.68. The fourth-order valence-electron chi connectivity index (χ4n) is 1.75. The predicted octanol–water partition coefficient (Wildman–Crippen LogP) is 0.867. The second kappa shape index (κ2) is 5.00. The molecule has 0 atom stereocenters. The fraction of sp³-hybridized carbons (Fsp3) is 0.333. The minimum absolute atomic E-state index is 0.0528. The van der Waals surface area contributed by atoms with Crippen molar-refractivity contribution in [2.45, 2.75) is 6.54 Å². The lowest BCUT2D eigenvalue weighted by Gasteiger charge is -2.03. The minimum Gasteiger partial charge on any atom is -0.465 e. The predicted molar refractivity (Wildman–Crippen MR) is 70.8 cm³/mol. The number of carbonyl (C=O) groups is 1. The Morgan fingerprint density at radius 3 is 2.79 bits per heavy atom. The van der Waals surface area contributed by atoms with Gasteiger partial charge in [0.05, 0.1) is 35.8 Å². The molecule has 2 rings (SSSR count). The van der Waals surface area contributed by atoms with E-state index in [-0.39, 0.29) is 5.75 Å². The lowest BCUT2D eigenvalue weighted by atomic mass is 10.2. The van der Waals surface area contributed by atoms with E-state index in [1.165, 1.54) is 13.4 Å². The normalized spacial score (nSPS) is 11.7. The van der Waals surface area contributed by atoms with Crippen molar-refractivity contribution in [2.24, 2.45) is 0 Å². The van der Waals surface area contributed by atoms with E-state index in [1.54, 1.807) is 29.1 Å². The van der Waals surface area contributed by atoms with Crippen molar-refractivity contribution in [1.82, 2.24) is 9.55 Å². The van der Waals surface area contributed by atoms with Gasteiger partial charge in [0.1, 0.15) is 9.84 Å². The number of aromatic nitrogens is 2.